The first kappa shape index (κ1) is 10.6. The first-order valence-electron chi connectivity index (χ1n) is 5.05. The molecule has 0 saturated heterocycles. The van der Waals surface area contributed by atoms with Crippen molar-refractivity contribution in [1.82, 2.24) is 14.5 Å². The van der Waals surface area contributed by atoms with Gasteiger partial charge >= 0.3 is 6.01 Å². The van der Waals surface area contributed by atoms with E-state index in [1.165, 1.54) is 13.2 Å². The van der Waals surface area contributed by atoms with Crippen LogP contribution in [0.25, 0.3) is 11.0 Å². The van der Waals surface area contributed by atoms with Crippen LogP contribution in [0.15, 0.2) is 23.1 Å². The third-order valence-electron chi connectivity index (χ3n) is 2.34. The van der Waals surface area contributed by atoms with Crippen molar-refractivity contribution in [3.63, 3.8) is 0 Å². The van der Waals surface area contributed by atoms with E-state index in [1.807, 2.05) is 13.8 Å². The Hall–Kier alpha value is -1.91. The van der Waals surface area contributed by atoms with Crippen molar-refractivity contribution in [1.29, 1.82) is 0 Å². The van der Waals surface area contributed by atoms with Gasteiger partial charge < -0.3 is 4.74 Å². The predicted molar refractivity (Wildman–Crippen MR) is 60.7 cm³/mol. The summed E-state index contributed by atoms with van der Waals surface area (Å²) in [6.07, 6.45) is 1.65. The van der Waals surface area contributed by atoms with Gasteiger partial charge in [0, 0.05) is 23.7 Å². The Bertz CT molecular complexity index is 575. The molecule has 0 fully saturated rings. The quantitative estimate of drug-likeness (QED) is 0.765. The summed E-state index contributed by atoms with van der Waals surface area (Å²) >= 11 is 0. The molecule has 0 N–H and O–H groups in total. The molecule has 2 rings (SSSR count). The minimum absolute atomic E-state index is 0.0517. The predicted octanol–water partition coefficient (Wildman–Crippen LogP) is 1.38. The number of ether oxygens (including phenoxy) is 1. The molecule has 0 aliphatic rings. The molecule has 5 heteroatoms. The molecule has 0 saturated carbocycles. The van der Waals surface area contributed by atoms with Crippen LogP contribution in [0.1, 0.15) is 19.9 Å². The number of hydrogen-bond acceptors (Lipinski definition) is 4. The van der Waals surface area contributed by atoms with Crippen molar-refractivity contribution in [3.05, 3.63) is 28.7 Å². The molecule has 0 atom stereocenters. The van der Waals surface area contributed by atoms with Crippen LogP contribution in [-0.2, 0) is 0 Å². The molecule has 0 aliphatic heterocycles. The third kappa shape index (κ3) is 1.64. The van der Waals surface area contributed by atoms with E-state index in [4.69, 9.17) is 4.74 Å². The van der Waals surface area contributed by atoms with Crippen LogP contribution in [0.2, 0.25) is 0 Å². The second-order valence-corrected chi connectivity index (χ2v) is 3.77. The Balaban J connectivity index is 2.83. The van der Waals surface area contributed by atoms with Gasteiger partial charge in [0.2, 0.25) is 0 Å². The van der Waals surface area contributed by atoms with E-state index in [1.54, 1.807) is 16.8 Å². The van der Waals surface area contributed by atoms with Gasteiger partial charge in [-0.1, -0.05) is 0 Å². The zero-order valence-electron chi connectivity index (χ0n) is 9.47. The molecular weight excluding hydrogens is 206 g/mol. The number of aromatic nitrogens is 3. The van der Waals surface area contributed by atoms with Gasteiger partial charge in [-0.25, -0.2) is 4.98 Å². The Labute approximate surface area is 92.7 Å². The molecule has 0 bridgehead atoms. The maximum absolute atomic E-state index is 11.7. The lowest BCUT2D eigenvalue weighted by Crippen LogP contribution is -2.22. The van der Waals surface area contributed by atoms with Crippen LogP contribution in [0.5, 0.6) is 6.01 Å². The van der Waals surface area contributed by atoms with E-state index >= 15 is 0 Å². The molecule has 2 aromatic heterocycles. The number of nitrogens with zero attached hydrogens (tertiary/aromatic N) is 3. The molecule has 0 radical (unpaired) electrons. The molecular formula is C11H13N3O2. The topological polar surface area (TPSA) is 57.0 Å². The van der Waals surface area contributed by atoms with Crippen LogP contribution in [0.4, 0.5) is 0 Å². The van der Waals surface area contributed by atoms with Crippen LogP contribution in [0, 0.1) is 0 Å². The van der Waals surface area contributed by atoms with Crippen LogP contribution < -0.4 is 10.3 Å². The standard InChI is InChI=1S/C11H13N3O2/c1-7(2)14-9(15)5-4-8-6-12-11(16-3)13-10(8)14/h4-7H,1-3H3. The first-order valence-corrected chi connectivity index (χ1v) is 5.05. The van der Waals surface area contributed by atoms with Crippen molar-refractivity contribution in [2.24, 2.45) is 0 Å². The van der Waals surface area contributed by atoms with Gasteiger partial charge in [0.15, 0.2) is 0 Å². The van der Waals surface area contributed by atoms with E-state index in [0.29, 0.717) is 5.65 Å². The van der Waals surface area contributed by atoms with Gasteiger partial charge in [0.25, 0.3) is 5.56 Å². The number of hydrogen-bond donors (Lipinski definition) is 0. The maximum atomic E-state index is 11.7. The van der Waals surface area contributed by atoms with E-state index in [9.17, 15) is 4.79 Å². The molecule has 0 spiro atoms. The third-order valence-corrected chi connectivity index (χ3v) is 2.34. The van der Waals surface area contributed by atoms with E-state index in [2.05, 4.69) is 9.97 Å². The highest BCUT2D eigenvalue weighted by Gasteiger charge is 2.09. The van der Waals surface area contributed by atoms with Crippen molar-refractivity contribution >= 4 is 11.0 Å². The van der Waals surface area contributed by atoms with Crippen LogP contribution >= 0.6 is 0 Å². The largest absolute Gasteiger partial charge is 0.467 e. The number of methoxy groups -OCH3 is 1. The van der Waals surface area contributed by atoms with E-state index in [-0.39, 0.29) is 17.6 Å². The van der Waals surface area contributed by atoms with E-state index in [0.717, 1.165) is 5.39 Å². The molecule has 84 valence electrons. The average molecular weight is 219 g/mol. The summed E-state index contributed by atoms with van der Waals surface area (Å²) < 4.78 is 6.58. The Morgan fingerprint density at radius 2 is 2.12 bits per heavy atom. The average Bonchev–Trinajstić information content (AvgIpc) is 2.27. The monoisotopic (exact) mass is 219 g/mol. The lowest BCUT2D eigenvalue weighted by atomic mass is 10.3. The van der Waals surface area contributed by atoms with Crippen LogP contribution in [-0.4, -0.2) is 21.6 Å². The van der Waals surface area contributed by atoms with E-state index < -0.39 is 0 Å². The molecule has 0 aromatic carbocycles. The Kier molecular flexibility index (Phi) is 2.60. The highest BCUT2D eigenvalue weighted by molar-refractivity contribution is 5.74. The summed E-state index contributed by atoms with van der Waals surface area (Å²) in [5.41, 5.74) is 0.539. The van der Waals surface area contributed by atoms with Gasteiger partial charge in [0.05, 0.1) is 7.11 Å². The molecule has 0 aliphatic carbocycles. The fourth-order valence-corrected chi connectivity index (χ4v) is 1.62. The van der Waals surface area contributed by atoms with Gasteiger partial charge in [0.1, 0.15) is 5.65 Å². The summed E-state index contributed by atoms with van der Waals surface area (Å²) in [4.78, 5) is 19.9. The fraction of sp³-hybridized carbons (Fsp3) is 0.364. The number of rotatable bonds is 2. The molecule has 2 aromatic rings. The molecule has 2 heterocycles. The zero-order valence-corrected chi connectivity index (χ0v) is 9.47. The normalized spacial score (nSPS) is 11.0. The SMILES string of the molecule is COc1ncc2ccc(=O)n(C(C)C)c2n1. The molecule has 0 unspecified atom stereocenters. The van der Waals surface area contributed by atoms with Crippen molar-refractivity contribution in [2.45, 2.75) is 19.9 Å². The van der Waals surface area contributed by atoms with Crippen molar-refractivity contribution < 1.29 is 4.74 Å². The lowest BCUT2D eigenvalue weighted by Gasteiger charge is -2.12. The Morgan fingerprint density at radius 1 is 1.38 bits per heavy atom. The summed E-state index contributed by atoms with van der Waals surface area (Å²) in [6.45, 7) is 3.88. The fourth-order valence-electron chi connectivity index (χ4n) is 1.62. The Morgan fingerprint density at radius 3 is 2.75 bits per heavy atom. The maximum Gasteiger partial charge on any atom is 0.318 e. The lowest BCUT2D eigenvalue weighted by molar-refractivity contribution is 0.380. The van der Waals surface area contributed by atoms with Crippen molar-refractivity contribution in [3.8, 4) is 6.01 Å². The number of fused-ring (bicyclic) bond motifs is 1. The van der Waals surface area contributed by atoms with Crippen molar-refractivity contribution in [2.75, 3.05) is 7.11 Å². The van der Waals surface area contributed by atoms with Gasteiger partial charge in [-0.3, -0.25) is 9.36 Å². The summed E-state index contributed by atoms with van der Waals surface area (Å²) in [5, 5.41) is 0.828. The minimum atomic E-state index is -0.0664. The highest BCUT2D eigenvalue weighted by Crippen LogP contribution is 2.14. The highest BCUT2D eigenvalue weighted by atomic mass is 16.5. The first-order chi connectivity index (χ1) is 7.63. The summed E-state index contributed by atoms with van der Waals surface area (Å²) in [5.74, 6) is 0. The second-order valence-electron chi connectivity index (χ2n) is 3.77. The summed E-state index contributed by atoms with van der Waals surface area (Å²) in [6, 6.07) is 3.57. The minimum Gasteiger partial charge on any atom is -0.467 e. The van der Waals surface area contributed by atoms with Gasteiger partial charge in [-0.15, -0.1) is 0 Å². The molecule has 5 nitrogen and oxygen atoms in total. The van der Waals surface area contributed by atoms with Gasteiger partial charge in [-0.05, 0) is 19.9 Å². The molecule has 0 amide bonds. The number of pyridine rings is 1. The van der Waals surface area contributed by atoms with Gasteiger partial charge in [-0.2, -0.15) is 4.98 Å². The zero-order chi connectivity index (χ0) is 11.7. The smallest absolute Gasteiger partial charge is 0.318 e. The second kappa shape index (κ2) is 3.92. The summed E-state index contributed by atoms with van der Waals surface area (Å²) in [7, 11) is 1.50. The molecule has 16 heavy (non-hydrogen) atoms. The van der Waals surface area contributed by atoms with Crippen LogP contribution in [0.3, 0.4) is 0 Å².